The summed E-state index contributed by atoms with van der Waals surface area (Å²) in [6, 6.07) is -0.324. The summed E-state index contributed by atoms with van der Waals surface area (Å²) in [5, 5.41) is 9.51. The molecule has 0 spiro atoms. The molecular weight excluding hydrogens is 156 g/mol. The number of ether oxygens (including phenoxy) is 1. The van der Waals surface area contributed by atoms with Crippen LogP contribution >= 0.6 is 0 Å². The Kier molecular flexibility index (Phi) is 3.06. The van der Waals surface area contributed by atoms with Gasteiger partial charge in [0.15, 0.2) is 0 Å². The minimum absolute atomic E-state index is 0.0467. The predicted molar refractivity (Wildman–Crippen MR) is 46.6 cm³/mol. The Balaban J connectivity index is 2.53. The quantitative estimate of drug-likeness (QED) is 0.486. The molecule has 0 saturated carbocycles. The van der Waals surface area contributed by atoms with Gasteiger partial charge in [0, 0.05) is 12.5 Å². The summed E-state index contributed by atoms with van der Waals surface area (Å²) in [4.78, 5) is 0. The van der Waals surface area contributed by atoms with Crippen molar-refractivity contribution < 1.29 is 9.84 Å². The van der Waals surface area contributed by atoms with E-state index in [9.17, 15) is 5.11 Å². The van der Waals surface area contributed by atoms with Gasteiger partial charge in [-0.15, -0.1) is 0 Å². The second-order valence-corrected chi connectivity index (χ2v) is 3.62. The van der Waals surface area contributed by atoms with E-state index < -0.39 is 6.10 Å². The molecule has 4 heteroatoms. The first-order valence-corrected chi connectivity index (χ1v) is 4.37. The van der Waals surface area contributed by atoms with Crippen molar-refractivity contribution in [3.8, 4) is 0 Å². The van der Waals surface area contributed by atoms with Gasteiger partial charge in [0.05, 0.1) is 24.4 Å². The Bertz CT molecular complexity index is 140. The minimum atomic E-state index is -0.482. The smallest absolute Gasteiger partial charge is 0.0752 e. The predicted octanol–water partition coefficient (Wildman–Crippen LogP) is -0.801. The third-order valence-corrected chi connectivity index (χ3v) is 2.44. The van der Waals surface area contributed by atoms with Gasteiger partial charge in [0.1, 0.15) is 0 Å². The molecule has 1 rings (SSSR count). The molecule has 0 aromatic heterocycles. The van der Waals surface area contributed by atoms with Gasteiger partial charge in [-0.25, -0.2) is 0 Å². The highest BCUT2D eigenvalue weighted by atomic mass is 16.5. The molecule has 12 heavy (non-hydrogen) atoms. The van der Waals surface area contributed by atoms with E-state index in [4.69, 9.17) is 16.2 Å². The Morgan fingerprint density at radius 1 is 1.58 bits per heavy atom. The lowest BCUT2D eigenvalue weighted by Crippen LogP contribution is -2.55. The molecular formula is C8H18N2O2. The Hall–Kier alpha value is -0.160. The highest BCUT2D eigenvalue weighted by molar-refractivity contribution is 4.88. The van der Waals surface area contributed by atoms with E-state index in [-0.39, 0.29) is 24.3 Å². The second-order valence-electron chi connectivity index (χ2n) is 3.62. The molecule has 0 radical (unpaired) electrons. The number of aliphatic hydroxyl groups is 1. The maximum absolute atomic E-state index is 9.51. The molecule has 4 nitrogen and oxygen atoms in total. The molecule has 72 valence electrons. The molecule has 0 aromatic carbocycles. The fraction of sp³-hybridized carbons (Fsp3) is 1.00. The molecule has 5 N–H and O–H groups in total. The summed E-state index contributed by atoms with van der Waals surface area (Å²) in [6.45, 7) is 3.74. The Morgan fingerprint density at radius 2 is 2.17 bits per heavy atom. The molecule has 5 atom stereocenters. The molecule has 0 bridgehead atoms. The zero-order valence-corrected chi connectivity index (χ0v) is 7.60. The van der Waals surface area contributed by atoms with E-state index in [2.05, 4.69) is 0 Å². The van der Waals surface area contributed by atoms with Gasteiger partial charge in [-0.2, -0.15) is 0 Å². The molecule has 0 aromatic rings. The Morgan fingerprint density at radius 3 is 2.58 bits per heavy atom. The molecule has 4 unspecified atom stereocenters. The molecule has 0 aliphatic carbocycles. The van der Waals surface area contributed by atoms with E-state index in [1.807, 2.05) is 13.8 Å². The van der Waals surface area contributed by atoms with Crippen LogP contribution in [0.4, 0.5) is 0 Å². The van der Waals surface area contributed by atoms with Gasteiger partial charge >= 0.3 is 0 Å². The molecule has 1 heterocycles. The topological polar surface area (TPSA) is 81.5 Å². The van der Waals surface area contributed by atoms with Crippen LogP contribution in [0.2, 0.25) is 0 Å². The summed E-state index contributed by atoms with van der Waals surface area (Å²) in [6.07, 6.45) is -0.104. The van der Waals surface area contributed by atoms with Gasteiger partial charge in [0.25, 0.3) is 0 Å². The van der Waals surface area contributed by atoms with Crippen LogP contribution in [-0.2, 0) is 4.74 Å². The van der Waals surface area contributed by atoms with Gasteiger partial charge in [-0.3, -0.25) is 0 Å². The van der Waals surface area contributed by atoms with Crippen molar-refractivity contribution in [3.05, 3.63) is 0 Å². The normalized spacial score (nSPS) is 45.8. The monoisotopic (exact) mass is 174 g/mol. The summed E-state index contributed by atoms with van der Waals surface area (Å²) < 4.78 is 5.52. The van der Waals surface area contributed by atoms with Crippen LogP contribution in [0, 0.1) is 0 Å². The van der Waals surface area contributed by atoms with Crippen molar-refractivity contribution in [3.63, 3.8) is 0 Å². The number of rotatable bonds is 1. The lowest BCUT2D eigenvalue weighted by atomic mass is 9.94. The zero-order valence-electron chi connectivity index (χ0n) is 7.60. The van der Waals surface area contributed by atoms with Crippen molar-refractivity contribution in [1.82, 2.24) is 0 Å². The minimum Gasteiger partial charge on any atom is -0.391 e. The maximum Gasteiger partial charge on any atom is 0.0752 e. The van der Waals surface area contributed by atoms with E-state index in [1.165, 1.54) is 0 Å². The van der Waals surface area contributed by atoms with E-state index >= 15 is 0 Å². The summed E-state index contributed by atoms with van der Waals surface area (Å²) in [7, 11) is 0. The van der Waals surface area contributed by atoms with E-state index in [0.29, 0.717) is 6.42 Å². The molecule has 1 fully saturated rings. The van der Waals surface area contributed by atoms with Crippen molar-refractivity contribution in [2.45, 2.75) is 50.7 Å². The number of hydrogen-bond donors (Lipinski definition) is 3. The number of nitrogens with two attached hydrogens (primary N) is 2. The first-order valence-electron chi connectivity index (χ1n) is 4.37. The number of hydrogen-bond acceptors (Lipinski definition) is 4. The average Bonchev–Trinajstić information content (AvgIpc) is 1.99. The Labute approximate surface area is 72.9 Å². The zero-order chi connectivity index (χ0) is 9.30. The molecule has 1 aliphatic heterocycles. The molecule has 1 aliphatic rings. The van der Waals surface area contributed by atoms with Crippen LogP contribution in [0.5, 0.6) is 0 Å². The fourth-order valence-corrected chi connectivity index (χ4v) is 1.47. The standard InChI is InChI=1S/C8H18N2O2/c1-4(9)7-3-6(11)8(10)5(2)12-7/h4-8,11H,3,9-10H2,1-2H3/t4?,5-,6?,7?,8?/m1/s1. The van der Waals surface area contributed by atoms with Gasteiger partial charge in [0.2, 0.25) is 0 Å². The second kappa shape index (κ2) is 3.70. The summed E-state index contributed by atoms with van der Waals surface area (Å²) in [5.74, 6) is 0. The van der Waals surface area contributed by atoms with Crippen LogP contribution in [0.25, 0.3) is 0 Å². The summed E-state index contributed by atoms with van der Waals surface area (Å²) >= 11 is 0. The molecule has 0 amide bonds. The van der Waals surface area contributed by atoms with E-state index in [1.54, 1.807) is 0 Å². The SMILES string of the molecule is CC(N)C1CC(O)C(N)[C@@H](C)O1. The van der Waals surface area contributed by atoms with Gasteiger partial charge in [-0.05, 0) is 13.8 Å². The van der Waals surface area contributed by atoms with Gasteiger partial charge < -0.3 is 21.3 Å². The molecule has 1 saturated heterocycles. The highest BCUT2D eigenvalue weighted by Crippen LogP contribution is 2.20. The average molecular weight is 174 g/mol. The van der Waals surface area contributed by atoms with Crippen molar-refractivity contribution in [1.29, 1.82) is 0 Å². The lowest BCUT2D eigenvalue weighted by molar-refractivity contribution is -0.107. The van der Waals surface area contributed by atoms with Gasteiger partial charge in [-0.1, -0.05) is 0 Å². The van der Waals surface area contributed by atoms with Crippen LogP contribution in [0.3, 0.4) is 0 Å². The summed E-state index contributed by atoms with van der Waals surface area (Å²) in [5.41, 5.74) is 11.3. The van der Waals surface area contributed by atoms with Crippen molar-refractivity contribution in [2.24, 2.45) is 11.5 Å². The third kappa shape index (κ3) is 1.95. The van der Waals surface area contributed by atoms with Crippen LogP contribution in [0.15, 0.2) is 0 Å². The van der Waals surface area contributed by atoms with Crippen molar-refractivity contribution >= 4 is 0 Å². The lowest BCUT2D eigenvalue weighted by Gasteiger charge is -2.37. The van der Waals surface area contributed by atoms with Crippen molar-refractivity contribution in [2.75, 3.05) is 0 Å². The third-order valence-electron chi connectivity index (χ3n) is 2.44. The first kappa shape index (κ1) is 9.92. The highest BCUT2D eigenvalue weighted by Gasteiger charge is 2.34. The number of aliphatic hydroxyl groups excluding tert-OH is 1. The van der Waals surface area contributed by atoms with Crippen LogP contribution < -0.4 is 11.5 Å². The maximum atomic E-state index is 9.51. The van der Waals surface area contributed by atoms with E-state index in [0.717, 1.165) is 0 Å². The first-order chi connectivity index (χ1) is 5.52. The largest absolute Gasteiger partial charge is 0.391 e. The van der Waals surface area contributed by atoms with Crippen LogP contribution in [0.1, 0.15) is 20.3 Å². The van der Waals surface area contributed by atoms with Crippen LogP contribution in [-0.4, -0.2) is 35.5 Å². The fourth-order valence-electron chi connectivity index (χ4n) is 1.47.